The van der Waals surface area contributed by atoms with Crippen molar-refractivity contribution in [3.05, 3.63) is 52.5 Å². The number of halogens is 1. The van der Waals surface area contributed by atoms with E-state index >= 15 is 0 Å². The molecule has 4 nitrogen and oxygen atoms in total. The van der Waals surface area contributed by atoms with E-state index in [0.29, 0.717) is 16.5 Å². The Bertz CT molecular complexity index is 765. The van der Waals surface area contributed by atoms with Crippen LogP contribution in [-0.4, -0.2) is 16.1 Å². The van der Waals surface area contributed by atoms with Crippen LogP contribution in [0, 0.1) is 0 Å². The summed E-state index contributed by atoms with van der Waals surface area (Å²) in [5, 5.41) is 11.6. The van der Waals surface area contributed by atoms with Crippen LogP contribution >= 0.6 is 22.9 Å². The van der Waals surface area contributed by atoms with E-state index < -0.39 is 5.97 Å². The van der Waals surface area contributed by atoms with Crippen molar-refractivity contribution < 1.29 is 14.3 Å². The number of thiophene rings is 1. The Morgan fingerprint density at radius 3 is 2.80 bits per heavy atom. The molecule has 1 N–H and O–H groups in total. The molecule has 3 rings (SSSR count). The van der Waals surface area contributed by atoms with Gasteiger partial charge in [0.25, 0.3) is 0 Å². The number of hydrogen-bond acceptors (Lipinski definition) is 4. The molecule has 0 radical (unpaired) electrons. The first-order valence-electron chi connectivity index (χ1n) is 5.69. The lowest BCUT2D eigenvalue weighted by atomic mass is 10.1. The lowest BCUT2D eigenvalue weighted by molar-refractivity contribution is 0.0691. The van der Waals surface area contributed by atoms with Crippen LogP contribution in [0.3, 0.4) is 0 Å². The quantitative estimate of drug-likeness (QED) is 0.778. The summed E-state index contributed by atoms with van der Waals surface area (Å²) in [4.78, 5) is 16.1. The largest absolute Gasteiger partial charge is 0.476 e. The van der Waals surface area contributed by atoms with Crippen LogP contribution in [0.4, 0.5) is 0 Å². The summed E-state index contributed by atoms with van der Waals surface area (Å²) in [6, 6.07) is 10.5. The predicted molar refractivity (Wildman–Crippen MR) is 77.2 cm³/mol. The molecule has 2 aromatic heterocycles. The van der Waals surface area contributed by atoms with Crippen molar-refractivity contribution in [2.45, 2.75) is 0 Å². The zero-order chi connectivity index (χ0) is 14.1. The highest BCUT2D eigenvalue weighted by molar-refractivity contribution is 7.13. The molecular formula is C14H8ClNO3S. The number of oxazole rings is 1. The van der Waals surface area contributed by atoms with Gasteiger partial charge < -0.3 is 9.52 Å². The second kappa shape index (κ2) is 5.11. The third-order valence-electron chi connectivity index (χ3n) is 2.65. The van der Waals surface area contributed by atoms with Crippen molar-refractivity contribution in [2.24, 2.45) is 0 Å². The Kier molecular flexibility index (Phi) is 3.30. The molecule has 100 valence electrons. The van der Waals surface area contributed by atoms with E-state index in [4.69, 9.17) is 16.0 Å². The number of benzene rings is 1. The van der Waals surface area contributed by atoms with E-state index in [9.17, 15) is 9.90 Å². The van der Waals surface area contributed by atoms with Crippen molar-refractivity contribution in [3.8, 4) is 22.1 Å². The zero-order valence-corrected chi connectivity index (χ0v) is 11.6. The smallest absolute Gasteiger partial charge is 0.358 e. The third kappa shape index (κ3) is 2.33. The maximum atomic E-state index is 11.3. The van der Waals surface area contributed by atoms with E-state index in [2.05, 4.69) is 4.98 Å². The number of carboxylic acid groups (broad SMARTS) is 1. The molecule has 0 aliphatic rings. The van der Waals surface area contributed by atoms with E-state index in [1.54, 1.807) is 24.3 Å². The lowest BCUT2D eigenvalue weighted by Crippen LogP contribution is -1.98. The summed E-state index contributed by atoms with van der Waals surface area (Å²) >= 11 is 7.36. The van der Waals surface area contributed by atoms with Crippen molar-refractivity contribution in [2.75, 3.05) is 0 Å². The van der Waals surface area contributed by atoms with E-state index in [1.165, 1.54) is 11.3 Å². The van der Waals surface area contributed by atoms with Crippen LogP contribution in [0.2, 0.25) is 5.02 Å². The van der Waals surface area contributed by atoms with Gasteiger partial charge in [-0.05, 0) is 23.6 Å². The van der Waals surface area contributed by atoms with Crippen molar-refractivity contribution in [1.82, 2.24) is 4.98 Å². The first-order chi connectivity index (χ1) is 9.65. The Hall–Kier alpha value is -2.11. The number of carbonyl (C=O) groups is 1. The number of rotatable bonds is 3. The molecule has 0 amide bonds. The number of aromatic carboxylic acids is 1. The first kappa shape index (κ1) is 12.9. The monoisotopic (exact) mass is 305 g/mol. The standard InChI is InChI=1S/C14H8ClNO3S/c15-9-4-1-3-8(7-9)12-11(14(17)18)16-13(19-12)10-5-2-6-20-10/h1-7H,(H,17,18). The molecule has 1 aromatic carbocycles. The molecule has 20 heavy (non-hydrogen) atoms. The van der Waals surface area contributed by atoms with Crippen molar-refractivity contribution >= 4 is 28.9 Å². The summed E-state index contributed by atoms with van der Waals surface area (Å²) in [5.41, 5.74) is 0.473. The average Bonchev–Trinajstić information content (AvgIpc) is 3.08. The minimum atomic E-state index is -1.13. The number of aromatic nitrogens is 1. The molecule has 0 fully saturated rings. The zero-order valence-electron chi connectivity index (χ0n) is 10.0. The summed E-state index contributed by atoms with van der Waals surface area (Å²) < 4.78 is 5.62. The number of hydrogen-bond donors (Lipinski definition) is 1. The second-order valence-corrected chi connectivity index (χ2v) is 5.37. The van der Waals surface area contributed by atoms with Gasteiger partial charge in [-0.25, -0.2) is 9.78 Å². The summed E-state index contributed by atoms with van der Waals surface area (Å²) in [6.07, 6.45) is 0. The molecule has 0 unspecified atom stereocenters. The van der Waals surface area contributed by atoms with Crippen LogP contribution < -0.4 is 0 Å². The van der Waals surface area contributed by atoms with Gasteiger partial charge in [0.15, 0.2) is 11.5 Å². The van der Waals surface area contributed by atoms with Gasteiger partial charge in [-0.3, -0.25) is 0 Å². The molecule has 0 atom stereocenters. The van der Waals surface area contributed by atoms with Crippen molar-refractivity contribution in [3.63, 3.8) is 0 Å². The van der Waals surface area contributed by atoms with Gasteiger partial charge in [0.05, 0.1) is 4.88 Å². The minimum Gasteiger partial charge on any atom is -0.476 e. The van der Waals surface area contributed by atoms with Gasteiger partial charge in [-0.2, -0.15) is 0 Å². The molecule has 0 spiro atoms. The van der Waals surface area contributed by atoms with Gasteiger partial charge in [-0.1, -0.05) is 29.8 Å². The Balaban J connectivity index is 2.17. The highest BCUT2D eigenvalue weighted by atomic mass is 35.5. The molecule has 0 aliphatic heterocycles. The summed E-state index contributed by atoms with van der Waals surface area (Å²) in [7, 11) is 0. The molecule has 0 saturated heterocycles. The first-order valence-corrected chi connectivity index (χ1v) is 6.95. The fraction of sp³-hybridized carbons (Fsp3) is 0. The van der Waals surface area contributed by atoms with Gasteiger partial charge in [0, 0.05) is 10.6 Å². The lowest BCUT2D eigenvalue weighted by Gasteiger charge is -1.98. The van der Waals surface area contributed by atoms with E-state index in [-0.39, 0.29) is 11.5 Å². The molecule has 0 saturated carbocycles. The van der Waals surface area contributed by atoms with Crippen LogP contribution in [0.15, 0.2) is 46.2 Å². The topological polar surface area (TPSA) is 63.3 Å². The highest BCUT2D eigenvalue weighted by Gasteiger charge is 2.22. The van der Waals surface area contributed by atoms with Gasteiger partial charge in [0.2, 0.25) is 5.89 Å². The van der Waals surface area contributed by atoms with Gasteiger partial charge in [0.1, 0.15) is 0 Å². The Morgan fingerprint density at radius 2 is 2.15 bits per heavy atom. The molecule has 6 heteroatoms. The van der Waals surface area contributed by atoms with E-state index in [0.717, 1.165) is 4.88 Å². The summed E-state index contributed by atoms with van der Waals surface area (Å²) in [6.45, 7) is 0. The van der Waals surface area contributed by atoms with Crippen molar-refractivity contribution in [1.29, 1.82) is 0 Å². The van der Waals surface area contributed by atoms with Crippen LogP contribution in [0.1, 0.15) is 10.5 Å². The maximum Gasteiger partial charge on any atom is 0.358 e. The van der Waals surface area contributed by atoms with Crippen LogP contribution in [0.5, 0.6) is 0 Å². The molecule has 0 bridgehead atoms. The average molecular weight is 306 g/mol. The molecular weight excluding hydrogens is 298 g/mol. The Morgan fingerprint density at radius 1 is 1.30 bits per heavy atom. The van der Waals surface area contributed by atoms with E-state index in [1.807, 2.05) is 17.5 Å². The highest BCUT2D eigenvalue weighted by Crippen LogP contribution is 2.32. The number of carboxylic acids is 1. The molecule has 3 aromatic rings. The Labute approximate surface area is 123 Å². The minimum absolute atomic E-state index is 0.115. The summed E-state index contributed by atoms with van der Waals surface area (Å²) in [5.74, 6) is -0.623. The van der Waals surface area contributed by atoms with Gasteiger partial charge in [-0.15, -0.1) is 11.3 Å². The second-order valence-electron chi connectivity index (χ2n) is 3.99. The predicted octanol–water partition coefficient (Wildman–Crippen LogP) is 4.42. The fourth-order valence-corrected chi connectivity index (χ4v) is 2.64. The molecule has 0 aliphatic carbocycles. The third-order valence-corrected chi connectivity index (χ3v) is 3.74. The van der Waals surface area contributed by atoms with Crippen LogP contribution in [0.25, 0.3) is 22.1 Å². The SMILES string of the molecule is O=C(O)c1nc(-c2cccs2)oc1-c1cccc(Cl)c1. The maximum absolute atomic E-state index is 11.3. The van der Waals surface area contributed by atoms with Crippen LogP contribution in [-0.2, 0) is 0 Å². The van der Waals surface area contributed by atoms with Gasteiger partial charge >= 0.3 is 5.97 Å². The molecule has 2 heterocycles. The fourth-order valence-electron chi connectivity index (χ4n) is 1.80. The number of nitrogens with zero attached hydrogens (tertiary/aromatic N) is 1. The normalized spacial score (nSPS) is 10.7.